The highest BCUT2D eigenvalue weighted by atomic mass is 35.5. The van der Waals surface area contributed by atoms with Crippen LogP contribution in [0, 0.1) is 5.92 Å². The monoisotopic (exact) mass is 330 g/mol. The summed E-state index contributed by atoms with van der Waals surface area (Å²) in [6.45, 7) is 2.42. The summed E-state index contributed by atoms with van der Waals surface area (Å²) in [6, 6.07) is 4.71. The SMILES string of the molecule is CCC1CCC(NS(=O)(=O)c2ccc(Cl)c(CN)c2)CC1. The Morgan fingerprint density at radius 3 is 2.52 bits per heavy atom. The molecule has 0 bridgehead atoms. The van der Waals surface area contributed by atoms with E-state index in [9.17, 15) is 8.42 Å². The second-order valence-electron chi connectivity index (χ2n) is 5.70. The highest BCUT2D eigenvalue weighted by Gasteiger charge is 2.25. The van der Waals surface area contributed by atoms with Gasteiger partial charge in [0.15, 0.2) is 0 Å². The average molecular weight is 331 g/mol. The molecule has 4 nitrogen and oxygen atoms in total. The third-order valence-corrected chi connectivity index (χ3v) is 6.18. The molecule has 0 spiro atoms. The molecule has 0 unspecified atom stereocenters. The topological polar surface area (TPSA) is 72.2 Å². The maximum Gasteiger partial charge on any atom is 0.240 e. The van der Waals surface area contributed by atoms with Crippen molar-refractivity contribution in [3.8, 4) is 0 Å². The molecule has 1 aromatic carbocycles. The number of halogens is 1. The number of rotatable bonds is 5. The van der Waals surface area contributed by atoms with Gasteiger partial charge in [0.05, 0.1) is 4.90 Å². The van der Waals surface area contributed by atoms with Crippen LogP contribution in [0.2, 0.25) is 5.02 Å². The van der Waals surface area contributed by atoms with E-state index < -0.39 is 10.0 Å². The van der Waals surface area contributed by atoms with Gasteiger partial charge >= 0.3 is 0 Å². The van der Waals surface area contributed by atoms with Gasteiger partial charge in [0.1, 0.15) is 0 Å². The molecule has 1 aliphatic carbocycles. The first-order chi connectivity index (χ1) is 9.96. The lowest BCUT2D eigenvalue weighted by atomic mass is 9.85. The van der Waals surface area contributed by atoms with Crippen LogP contribution in [-0.4, -0.2) is 14.5 Å². The molecule has 1 fully saturated rings. The number of nitrogens with two attached hydrogens (primary N) is 1. The molecular weight excluding hydrogens is 308 g/mol. The average Bonchev–Trinajstić information content (AvgIpc) is 2.48. The Balaban J connectivity index is 2.08. The fourth-order valence-corrected chi connectivity index (χ4v) is 4.40. The first-order valence-electron chi connectivity index (χ1n) is 7.47. The number of hydrogen-bond acceptors (Lipinski definition) is 3. The molecule has 0 heterocycles. The third-order valence-electron chi connectivity index (χ3n) is 4.29. The van der Waals surface area contributed by atoms with Gasteiger partial charge in [0.2, 0.25) is 10.0 Å². The first kappa shape index (κ1) is 16.7. The van der Waals surface area contributed by atoms with Crippen molar-refractivity contribution in [2.24, 2.45) is 11.7 Å². The number of hydrogen-bond donors (Lipinski definition) is 2. The van der Waals surface area contributed by atoms with Gasteiger partial charge in [-0.3, -0.25) is 0 Å². The van der Waals surface area contributed by atoms with E-state index in [4.69, 9.17) is 17.3 Å². The highest BCUT2D eigenvalue weighted by molar-refractivity contribution is 7.89. The van der Waals surface area contributed by atoms with Gasteiger partial charge in [0, 0.05) is 17.6 Å². The van der Waals surface area contributed by atoms with Gasteiger partial charge in [-0.05, 0) is 55.4 Å². The minimum atomic E-state index is -3.50. The molecule has 2 rings (SSSR count). The van der Waals surface area contributed by atoms with Crippen LogP contribution in [0.5, 0.6) is 0 Å². The molecular formula is C15H23ClN2O2S. The van der Waals surface area contributed by atoms with E-state index in [2.05, 4.69) is 11.6 Å². The van der Waals surface area contributed by atoms with Crippen molar-refractivity contribution in [2.45, 2.75) is 56.5 Å². The standard InChI is InChI=1S/C15H23ClN2O2S/c1-2-11-3-5-13(6-4-11)18-21(19,20)14-7-8-15(16)12(9-14)10-17/h7-9,11,13,18H,2-6,10,17H2,1H3. The molecule has 0 radical (unpaired) electrons. The van der Waals surface area contributed by atoms with E-state index in [1.807, 2.05) is 0 Å². The van der Waals surface area contributed by atoms with Crippen molar-refractivity contribution in [1.29, 1.82) is 0 Å². The van der Waals surface area contributed by atoms with Crippen LogP contribution in [0.4, 0.5) is 0 Å². The minimum absolute atomic E-state index is 0.0369. The van der Waals surface area contributed by atoms with Crippen molar-refractivity contribution in [3.05, 3.63) is 28.8 Å². The largest absolute Gasteiger partial charge is 0.326 e. The molecule has 3 N–H and O–H groups in total. The normalized spacial score (nSPS) is 23.2. The molecule has 0 aromatic heterocycles. The van der Waals surface area contributed by atoms with Crippen LogP contribution >= 0.6 is 11.6 Å². The molecule has 6 heteroatoms. The summed E-state index contributed by atoms with van der Waals surface area (Å²) >= 11 is 5.98. The molecule has 1 saturated carbocycles. The summed E-state index contributed by atoms with van der Waals surface area (Å²) in [5.41, 5.74) is 6.23. The lowest BCUT2D eigenvalue weighted by Crippen LogP contribution is -2.37. The summed E-state index contributed by atoms with van der Waals surface area (Å²) in [4.78, 5) is 0.241. The van der Waals surface area contributed by atoms with Gasteiger partial charge in [0.25, 0.3) is 0 Å². The quantitative estimate of drug-likeness (QED) is 0.871. The van der Waals surface area contributed by atoms with E-state index in [1.165, 1.54) is 12.5 Å². The predicted molar refractivity (Wildman–Crippen MR) is 85.7 cm³/mol. The first-order valence-corrected chi connectivity index (χ1v) is 9.33. The Morgan fingerprint density at radius 2 is 1.95 bits per heavy atom. The van der Waals surface area contributed by atoms with Gasteiger partial charge in [-0.2, -0.15) is 0 Å². The summed E-state index contributed by atoms with van der Waals surface area (Å²) in [5.74, 6) is 0.741. The minimum Gasteiger partial charge on any atom is -0.326 e. The van der Waals surface area contributed by atoms with E-state index >= 15 is 0 Å². The predicted octanol–water partition coefficient (Wildman–Crippen LogP) is 3.05. The van der Waals surface area contributed by atoms with Crippen molar-refractivity contribution in [1.82, 2.24) is 4.72 Å². The van der Waals surface area contributed by atoms with E-state index in [1.54, 1.807) is 12.1 Å². The molecule has 0 saturated heterocycles. The second kappa shape index (κ2) is 7.09. The molecule has 0 atom stereocenters. The smallest absolute Gasteiger partial charge is 0.240 e. The lowest BCUT2D eigenvalue weighted by molar-refractivity contribution is 0.306. The molecule has 0 amide bonds. The van der Waals surface area contributed by atoms with Gasteiger partial charge < -0.3 is 5.73 Å². The Morgan fingerprint density at radius 1 is 1.29 bits per heavy atom. The number of benzene rings is 1. The maximum atomic E-state index is 12.4. The lowest BCUT2D eigenvalue weighted by Gasteiger charge is -2.28. The van der Waals surface area contributed by atoms with Crippen molar-refractivity contribution >= 4 is 21.6 Å². The Kier molecular flexibility index (Phi) is 5.66. The fourth-order valence-electron chi connectivity index (χ4n) is 2.85. The molecule has 118 valence electrons. The second-order valence-corrected chi connectivity index (χ2v) is 7.83. The van der Waals surface area contributed by atoms with Crippen LogP contribution in [0.15, 0.2) is 23.1 Å². The van der Waals surface area contributed by atoms with E-state index in [0.29, 0.717) is 10.6 Å². The van der Waals surface area contributed by atoms with E-state index in [0.717, 1.165) is 31.6 Å². The summed E-state index contributed by atoms with van der Waals surface area (Å²) < 4.78 is 27.7. The van der Waals surface area contributed by atoms with Gasteiger partial charge in [-0.1, -0.05) is 24.9 Å². The number of nitrogens with one attached hydrogen (secondary N) is 1. The summed E-state index contributed by atoms with van der Waals surface area (Å²) in [5, 5.41) is 0.500. The number of sulfonamides is 1. The Bertz CT molecular complexity index is 581. The van der Waals surface area contributed by atoms with Crippen LogP contribution < -0.4 is 10.5 Å². The molecule has 1 aromatic rings. The summed E-state index contributed by atoms with van der Waals surface area (Å²) in [7, 11) is -3.50. The summed E-state index contributed by atoms with van der Waals surface area (Å²) in [6.07, 6.45) is 5.19. The molecule has 0 aliphatic heterocycles. The zero-order valence-corrected chi connectivity index (χ0v) is 13.9. The molecule has 21 heavy (non-hydrogen) atoms. The molecule has 1 aliphatic rings. The maximum absolute atomic E-state index is 12.4. The van der Waals surface area contributed by atoms with Crippen molar-refractivity contribution in [2.75, 3.05) is 0 Å². The van der Waals surface area contributed by atoms with Crippen LogP contribution in [0.1, 0.15) is 44.6 Å². The van der Waals surface area contributed by atoms with Gasteiger partial charge in [-0.25, -0.2) is 13.1 Å². The fraction of sp³-hybridized carbons (Fsp3) is 0.600. The highest BCUT2D eigenvalue weighted by Crippen LogP contribution is 2.28. The van der Waals surface area contributed by atoms with Crippen molar-refractivity contribution in [3.63, 3.8) is 0 Å². The zero-order valence-electron chi connectivity index (χ0n) is 12.3. The Hall–Kier alpha value is -0.620. The van der Waals surface area contributed by atoms with Crippen molar-refractivity contribution < 1.29 is 8.42 Å². The van der Waals surface area contributed by atoms with Gasteiger partial charge in [-0.15, -0.1) is 0 Å². The Labute approximate surface area is 132 Å². The van der Waals surface area contributed by atoms with E-state index in [-0.39, 0.29) is 17.5 Å². The van der Waals surface area contributed by atoms with Crippen LogP contribution in [0.3, 0.4) is 0 Å². The van der Waals surface area contributed by atoms with Crippen LogP contribution in [-0.2, 0) is 16.6 Å². The zero-order chi connectivity index (χ0) is 15.5. The van der Waals surface area contributed by atoms with Crippen LogP contribution in [0.25, 0.3) is 0 Å². The third kappa shape index (κ3) is 4.19.